The Labute approximate surface area is 182 Å². The van der Waals surface area contributed by atoms with Crippen molar-refractivity contribution < 1.29 is 29.3 Å². The van der Waals surface area contributed by atoms with Crippen LogP contribution in [0.1, 0.15) is 30.9 Å². The molecule has 142 valence electrons. The summed E-state index contributed by atoms with van der Waals surface area (Å²) in [5.41, 5.74) is 7.51. The number of hydrazone groups is 1. The predicted molar refractivity (Wildman–Crippen MR) is 110 cm³/mol. The standard InChI is InChI=1S/C21H23ClN4.HI/c1-2-6-20(25-26-21-23-13-14-24-21)19(17-7-4-3-5-8-17)15-16-9-11-18(22)12-10-16;/h3-5,7-12,15H,2,6,13-14H2,1H3,(H2,23,24,26);1H/b19-15-,25-20+;. The molecule has 3 N–H and O–H groups in total. The second kappa shape index (κ2) is 11.2. The second-order valence-electron chi connectivity index (χ2n) is 6.16. The molecule has 0 saturated heterocycles. The lowest BCUT2D eigenvalue weighted by Gasteiger charge is -2.12. The zero-order valence-electron chi connectivity index (χ0n) is 15.3. The van der Waals surface area contributed by atoms with Crippen molar-refractivity contribution in [1.29, 1.82) is 0 Å². The summed E-state index contributed by atoms with van der Waals surface area (Å²) in [6, 6.07) is 18.2. The maximum absolute atomic E-state index is 6.03. The van der Waals surface area contributed by atoms with E-state index in [1.165, 1.54) is 0 Å². The molecule has 0 saturated carbocycles. The zero-order chi connectivity index (χ0) is 18.2. The third-order valence-corrected chi connectivity index (χ3v) is 4.37. The van der Waals surface area contributed by atoms with Gasteiger partial charge in [0.2, 0.25) is 0 Å². The van der Waals surface area contributed by atoms with Crippen molar-refractivity contribution in [3.05, 3.63) is 70.7 Å². The summed E-state index contributed by atoms with van der Waals surface area (Å²) in [5.74, 6) is 0.859. The van der Waals surface area contributed by atoms with Gasteiger partial charge in [0.1, 0.15) is 6.54 Å². The average molecular weight is 495 g/mol. The van der Waals surface area contributed by atoms with E-state index in [1.807, 2.05) is 30.3 Å². The highest BCUT2D eigenvalue weighted by Crippen LogP contribution is 2.23. The molecule has 0 atom stereocenters. The Bertz CT molecular complexity index is 814. The van der Waals surface area contributed by atoms with Crippen molar-refractivity contribution in [1.82, 2.24) is 5.43 Å². The number of benzene rings is 2. The average Bonchev–Trinajstić information content (AvgIpc) is 3.19. The van der Waals surface area contributed by atoms with Gasteiger partial charge in [0.15, 0.2) is 0 Å². The van der Waals surface area contributed by atoms with Gasteiger partial charge in [0.05, 0.1) is 12.3 Å². The van der Waals surface area contributed by atoms with Crippen LogP contribution >= 0.6 is 11.6 Å². The molecule has 27 heavy (non-hydrogen) atoms. The van der Waals surface area contributed by atoms with E-state index in [-0.39, 0.29) is 24.0 Å². The second-order valence-corrected chi connectivity index (χ2v) is 6.59. The molecule has 1 aliphatic heterocycles. The molecule has 0 aliphatic carbocycles. The molecule has 0 radical (unpaired) electrons. The van der Waals surface area contributed by atoms with Crippen LogP contribution in [0.2, 0.25) is 5.02 Å². The minimum Gasteiger partial charge on any atom is -1.00 e. The van der Waals surface area contributed by atoms with Crippen LogP contribution in [0.4, 0.5) is 0 Å². The molecule has 0 bridgehead atoms. The summed E-state index contributed by atoms with van der Waals surface area (Å²) >= 11 is 6.03. The first-order chi connectivity index (χ1) is 12.8. The van der Waals surface area contributed by atoms with Crippen molar-refractivity contribution in [3.63, 3.8) is 0 Å². The SMILES string of the molecule is CCCC(=N\NC1=NCC[NH2+]1)/C(=C\c1ccc(Cl)cc1)c1ccccc1.[I-]. The summed E-state index contributed by atoms with van der Waals surface area (Å²) in [6.07, 6.45) is 4.07. The van der Waals surface area contributed by atoms with E-state index in [0.717, 1.165) is 59.3 Å². The number of nitrogens with one attached hydrogen (secondary N) is 1. The fraction of sp³-hybridized carbons (Fsp3) is 0.238. The van der Waals surface area contributed by atoms with E-state index in [1.54, 1.807) is 0 Å². The van der Waals surface area contributed by atoms with E-state index in [4.69, 9.17) is 16.7 Å². The van der Waals surface area contributed by atoms with Gasteiger partial charge in [0, 0.05) is 10.6 Å². The highest BCUT2D eigenvalue weighted by atomic mass is 127. The lowest BCUT2D eigenvalue weighted by atomic mass is 9.96. The molecule has 0 aromatic heterocycles. The Balaban J connectivity index is 0.00000261. The van der Waals surface area contributed by atoms with Gasteiger partial charge in [-0.1, -0.05) is 67.4 Å². The van der Waals surface area contributed by atoms with Crippen LogP contribution in [-0.2, 0) is 0 Å². The van der Waals surface area contributed by atoms with Crippen molar-refractivity contribution >= 4 is 34.9 Å². The number of guanidine groups is 1. The topological polar surface area (TPSA) is 53.4 Å². The van der Waals surface area contributed by atoms with Gasteiger partial charge in [-0.3, -0.25) is 5.32 Å². The molecular formula is C21H24ClIN4. The van der Waals surface area contributed by atoms with E-state index >= 15 is 0 Å². The first-order valence-electron chi connectivity index (χ1n) is 8.99. The van der Waals surface area contributed by atoms with Crippen LogP contribution in [0.25, 0.3) is 11.6 Å². The zero-order valence-corrected chi connectivity index (χ0v) is 18.2. The van der Waals surface area contributed by atoms with E-state index < -0.39 is 0 Å². The number of halogens is 2. The number of hydrogen-bond donors (Lipinski definition) is 2. The number of rotatable bonds is 6. The fourth-order valence-corrected chi connectivity index (χ4v) is 2.95. The van der Waals surface area contributed by atoms with Gasteiger partial charge in [0.25, 0.3) is 0 Å². The molecule has 4 nitrogen and oxygen atoms in total. The maximum Gasteiger partial charge on any atom is 0.315 e. The Kier molecular flexibility index (Phi) is 8.97. The molecule has 6 heteroatoms. The Morgan fingerprint density at radius 3 is 2.56 bits per heavy atom. The smallest absolute Gasteiger partial charge is 0.315 e. The quantitative estimate of drug-likeness (QED) is 0.262. The van der Waals surface area contributed by atoms with E-state index in [9.17, 15) is 0 Å². The number of aliphatic imine (C=N–C) groups is 1. The van der Waals surface area contributed by atoms with Crippen LogP contribution in [0.3, 0.4) is 0 Å². The lowest BCUT2D eigenvalue weighted by Crippen LogP contribution is -3.00. The molecule has 2 aromatic rings. The van der Waals surface area contributed by atoms with Crippen LogP contribution < -0.4 is 34.7 Å². The number of allylic oxidation sites excluding steroid dienone is 1. The Hall–Kier alpha value is -1.70. The lowest BCUT2D eigenvalue weighted by molar-refractivity contribution is -0.531. The van der Waals surface area contributed by atoms with Crippen LogP contribution in [0, 0.1) is 0 Å². The van der Waals surface area contributed by atoms with Crippen molar-refractivity contribution in [3.8, 4) is 0 Å². The van der Waals surface area contributed by atoms with Crippen LogP contribution in [0.5, 0.6) is 0 Å². The van der Waals surface area contributed by atoms with Gasteiger partial charge >= 0.3 is 5.96 Å². The van der Waals surface area contributed by atoms with E-state index in [2.05, 4.69) is 53.0 Å². The van der Waals surface area contributed by atoms with Crippen molar-refractivity contribution in [2.45, 2.75) is 19.8 Å². The largest absolute Gasteiger partial charge is 1.00 e. The molecule has 3 rings (SSSR count). The maximum atomic E-state index is 6.03. The van der Waals surface area contributed by atoms with E-state index in [0.29, 0.717) is 0 Å². The molecule has 0 amide bonds. The number of quaternary nitrogens is 1. The predicted octanol–water partition coefficient (Wildman–Crippen LogP) is 0.563. The van der Waals surface area contributed by atoms with Gasteiger partial charge in [-0.2, -0.15) is 5.10 Å². The third-order valence-electron chi connectivity index (χ3n) is 4.12. The molecule has 1 heterocycles. The normalized spacial score (nSPS) is 14.5. The van der Waals surface area contributed by atoms with Crippen molar-refractivity contribution in [2.75, 3.05) is 13.1 Å². The van der Waals surface area contributed by atoms with Gasteiger partial charge < -0.3 is 24.0 Å². The number of nitrogens with zero attached hydrogens (tertiary/aromatic N) is 2. The molecular weight excluding hydrogens is 471 g/mol. The molecule has 2 aromatic carbocycles. The first kappa shape index (κ1) is 21.6. The first-order valence-corrected chi connectivity index (χ1v) is 9.37. The van der Waals surface area contributed by atoms with Gasteiger partial charge in [-0.25, -0.2) is 10.4 Å². The highest BCUT2D eigenvalue weighted by molar-refractivity contribution is 6.30. The van der Waals surface area contributed by atoms with Crippen LogP contribution in [-0.4, -0.2) is 24.8 Å². The summed E-state index contributed by atoms with van der Waals surface area (Å²) < 4.78 is 0. The molecule has 0 spiro atoms. The van der Waals surface area contributed by atoms with Crippen LogP contribution in [0.15, 0.2) is 64.7 Å². The van der Waals surface area contributed by atoms with Gasteiger partial charge in [-0.05, 0) is 35.8 Å². The summed E-state index contributed by atoms with van der Waals surface area (Å²) in [7, 11) is 0. The summed E-state index contributed by atoms with van der Waals surface area (Å²) in [6.45, 7) is 3.99. The fourth-order valence-electron chi connectivity index (χ4n) is 2.82. The highest BCUT2D eigenvalue weighted by Gasteiger charge is 2.13. The molecule has 0 unspecified atom stereocenters. The Morgan fingerprint density at radius 2 is 1.93 bits per heavy atom. The van der Waals surface area contributed by atoms with Gasteiger partial charge in [-0.15, -0.1) is 0 Å². The summed E-state index contributed by atoms with van der Waals surface area (Å²) in [4.78, 5) is 4.40. The third kappa shape index (κ3) is 6.45. The number of hydrogen-bond acceptors (Lipinski definition) is 3. The summed E-state index contributed by atoms with van der Waals surface area (Å²) in [5, 5.41) is 7.52. The minimum atomic E-state index is 0. The minimum absolute atomic E-state index is 0. The molecule has 1 aliphatic rings. The number of nitrogens with two attached hydrogens (primary N) is 1. The Morgan fingerprint density at radius 1 is 1.19 bits per heavy atom. The monoisotopic (exact) mass is 494 g/mol. The van der Waals surface area contributed by atoms with Crippen molar-refractivity contribution in [2.24, 2.45) is 10.1 Å². The molecule has 0 fully saturated rings.